The number of piperidine rings is 1. The highest BCUT2D eigenvalue weighted by molar-refractivity contribution is 5.76. The van der Waals surface area contributed by atoms with Crippen LogP contribution in [0.25, 0.3) is 0 Å². The van der Waals surface area contributed by atoms with Crippen molar-refractivity contribution in [3.8, 4) is 0 Å². The molecule has 2 heterocycles. The van der Waals surface area contributed by atoms with E-state index in [0.717, 1.165) is 19.4 Å². The summed E-state index contributed by atoms with van der Waals surface area (Å²) in [6, 6.07) is 0. The van der Waals surface area contributed by atoms with Crippen LogP contribution in [0, 0.1) is 0 Å². The second kappa shape index (κ2) is 3.55. The topological polar surface area (TPSA) is 59.2 Å². The molecular formula is C8H11N3O2. The average Bonchev–Trinajstić information content (AvgIpc) is 2.56. The molecule has 5 heteroatoms. The second-order valence-electron chi connectivity index (χ2n) is 3.06. The summed E-state index contributed by atoms with van der Waals surface area (Å²) in [4.78, 5) is 16.8. The monoisotopic (exact) mass is 182 g/mol. The third-order valence-electron chi connectivity index (χ3n) is 2.11. The summed E-state index contributed by atoms with van der Waals surface area (Å²) in [5.41, 5.74) is 0. The van der Waals surface area contributed by atoms with E-state index in [4.69, 9.17) is 5.89 Å². The molecule has 1 amide bonds. The van der Waals surface area contributed by atoms with Crippen molar-refractivity contribution in [3.05, 3.63) is 12.2 Å². The number of hydrogen-bond acceptors (Lipinski definition) is 4. The number of nitrogens with zero attached hydrogens (tertiary/aromatic N) is 3. The van der Waals surface area contributed by atoms with Crippen molar-refractivity contribution >= 4 is 5.91 Å². The van der Waals surface area contributed by atoms with E-state index in [2.05, 4.69) is 10.1 Å². The van der Waals surface area contributed by atoms with Crippen LogP contribution in [0.1, 0.15) is 26.5 Å². The van der Waals surface area contributed by atoms with Crippen LogP contribution < -0.4 is 0 Å². The van der Waals surface area contributed by atoms with Gasteiger partial charge < -0.3 is 9.42 Å². The SMILES string of the molecule is [2H]c1noc(CN2CCCCC2=O)n1. The maximum absolute atomic E-state index is 11.4. The van der Waals surface area contributed by atoms with Gasteiger partial charge in [0.2, 0.25) is 11.8 Å². The van der Waals surface area contributed by atoms with Gasteiger partial charge in [-0.15, -0.1) is 0 Å². The van der Waals surface area contributed by atoms with Crippen LogP contribution >= 0.6 is 0 Å². The van der Waals surface area contributed by atoms with Gasteiger partial charge in [0.1, 0.15) is 1.37 Å². The summed E-state index contributed by atoms with van der Waals surface area (Å²) in [7, 11) is 0. The Morgan fingerprint density at radius 2 is 2.62 bits per heavy atom. The first kappa shape index (κ1) is 7.06. The van der Waals surface area contributed by atoms with E-state index in [1.54, 1.807) is 4.90 Å². The highest BCUT2D eigenvalue weighted by atomic mass is 16.5. The quantitative estimate of drug-likeness (QED) is 0.671. The molecule has 70 valence electrons. The van der Waals surface area contributed by atoms with Crippen molar-refractivity contribution in [1.29, 1.82) is 0 Å². The third kappa shape index (κ3) is 1.85. The van der Waals surface area contributed by atoms with Crippen LogP contribution in [0.3, 0.4) is 0 Å². The highest BCUT2D eigenvalue weighted by Gasteiger charge is 2.19. The van der Waals surface area contributed by atoms with Gasteiger partial charge in [-0.2, -0.15) is 4.98 Å². The van der Waals surface area contributed by atoms with E-state index in [0.29, 0.717) is 18.9 Å². The molecule has 0 aromatic carbocycles. The molecule has 0 unspecified atom stereocenters. The maximum atomic E-state index is 11.4. The molecule has 0 saturated carbocycles. The zero-order chi connectivity index (χ0) is 9.97. The Kier molecular flexibility index (Phi) is 1.93. The number of carbonyl (C=O) groups is 1. The molecule has 0 N–H and O–H groups in total. The van der Waals surface area contributed by atoms with Crippen molar-refractivity contribution in [1.82, 2.24) is 15.0 Å². The molecule has 1 aromatic heterocycles. The molecule has 13 heavy (non-hydrogen) atoms. The van der Waals surface area contributed by atoms with Crippen molar-refractivity contribution in [2.75, 3.05) is 6.54 Å². The van der Waals surface area contributed by atoms with E-state index in [1.807, 2.05) is 0 Å². The van der Waals surface area contributed by atoms with Gasteiger partial charge in [-0.05, 0) is 12.8 Å². The Hall–Kier alpha value is -1.39. The fourth-order valence-electron chi connectivity index (χ4n) is 1.43. The average molecular weight is 182 g/mol. The van der Waals surface area contributed by atoms with Gasteiger partial charge in [0.15, 0.2) is 6.30 Å². The van der Waals surface area contributed by atoms with Crippen LogP contribution in [0.5, 0.6) is 0 Å². The van der Waals surface area contributed by atoms with Crippen LogP contribution in [-0.2, 0) is 11.3 Å². The van der Waals surface area contributed by atoms with Gasteiger partial charge in [0.05, 0.1) is 6.54 Å². The molecule has 0 aliphatic carbocycles. The lowest BCUT2D eigenvalue weighted by atomic mass is 10.1. The van der Waals surface area contributed by atoms with Crippen molar-refractivity contribution in [2.45, 2.75) is 25.8 Å². The zero-order valence-electron chi connectivity index (χ0n) is 8.19. The van der Waals surface area contributed by atoms with Gasteiger partial charge in [-0.1, -0.05) is 5.16 Å². The minimum atomic E-state index is -0.135. The first-order chi connectivity index (χ1) is 6.75. The van der Waals surface area contributed by atoms with Crippen LogP contribution in [0.4, 0.5) is 0 Å². The van der Waals surface area contributed by atoms with Crippen molar-refractivity contribution in [2.24, 2.45) is 0 Å². The lowest BCUT2D eigenvalue weighted by Gasteiger charge is -2.24. The minimum Gasteiger partial charge on any atom is -0.338 e. The Labute approximate surface area is 77.1 Å². The smallest absolute Gasteiger partial charge is 0.245 e. The molecule has 0 spiro atoms. The summed E-state index contributed by atoms with van der Waals surface area (Å²) in [6.07, 6.45) is 2.45. The van der Waals surface area contributed by atoms with E-state index in [9.17, 15) is 4.79 Å². The fraction of sp³-hybridized carbons (Fsp3) is 0.625. The van der Waals surface area contributed by atoms with Crippen LogP contribution in [0.2, 0.25) is 0 Å². The van der Waals surface area contributed by atoms with E-state index < -0.39 is 0 Å². The van der Waals surface area contributed by atoms with E-state index in [-0.39, 0.29) is 12.2 Å². The number of likely N-dealkylation sites (tertiary alicyclic amines) is 1. The normalized spacial score (nSPS) is 18.9. The molecule has 5 nitrogen and oxygen atoms in total. The molecular weight excluding hydrogens is 170 g/mol. The first-order valence-corrected chi connectivity index (χ1v) is 4.32. The molecule has 1 saturated heterocycles. The predicted molar refractivity (Wildman–Crippen MR) is 43.6 cm³/mol. The Balaban J connectivity index is 1.99. The molecule has 1 aromatic rings. The van der Waals surface area contributed by atoms with E-state index in [1.165, 1.54) is 0 Å². The van der Waals surface area contributed by atoms with Gasteiger partial charge in [-0.25, -0.2) is 0 Å². The molecule has 0 radical (unpaired) electrons. The van der Waals surface area contributed by atoms with Crippen molar-refractivity contribution in [3.63, 3.8) is 0 Å². The van der Waals surface area contributed by atoms with Gasteiger partial charge >= 0.3 is 0 Å². The number of amides is 1. The molecule has 0 bridgehead atoms. The maximum Gasteiger partial charge on any atom is 0.245 e. The minimum absolute atomic E-state index is 0.126. The molecule has 2 rings (SSSR count). The lowest BCUT2D eigenvalue weighted by molar-refractivity contribution is -0.134. The summed E-state index contributed by atoms with van der Waals surface area (Å²) in [5.74, 6) is 0.464. The number of aromatic nitrogens is 2. The highest BCUT2D eigenvalue weighted by Crippen LogP contribution is 2.12. The summed E-state index contributed by atoms with van der Waals surface area (Å²) in [5, 5.41) is 3.35. The summed E-state index contributed by atoms with van der Waals surface area (Å²) in [6.45, 7) is 1.08. The van der Waals surface area contributed by atoms with Gasteiger partial charge in [0, 0.05) is 13.0 Å². The number of hydrogen-bond donors (Lipinski definition) is 0. The largest absolute Gasteiger partial charge is 0.338 e. The van der Waals surface area contributed by atoms with Crippen molar-refractivity contribution < 1.29 is 10.7 Å². The number of carbonyl (C=O) groups excluding carboxylic acids is 1. The van der Waals surface area contributed by atoms with Crippen LogP contribution in [-0.4, -0.2) is 27.5 Å². The molecule has 0 atom stereocenters. The summed E-state index contributed by atoms with van der Waals surface area (Å²) < 4.78 is 11.8. The molecule has 1 aliphatic heterocycles. The Morgan fingerprint density at radius 1 is 1.69 bits per heavy atom. The van der Waals surface area contributed by atoms with E-state index >= 15 is 0 Å². The molecule has 1 fully saturated rings. The second-order valence-corrected chi connectivity index (χ2v) is 3.06. The lowest BCUT2D eigenvalue weighted by Crippen LogP contribution is -2.34. The summed E-state index contributed by atoms with van der Waals surface area (Å²) >= 11 is 0. The van der Waals surface area contributed by atoms with Gasteiger partial charge in [-0.3, -0.25) is 4.79 Å². The fourth-order valence-corrected chi connectivity index (χ4v) is 1.43. The van der Waals surface area contributed by atoms with Crippen LogP contribution in [0.15, 0.2) is 10.8 Å². The first-order valence-electron chi connectivity index (χ1n) is 4.82. The number of rotatable bonds is 2. The van der Waals surface area contributed by atoms with Gasteiger partial charge in [0.25, 0.3) is 0 Å². The third-order valence-corrected chi connectivity index (χ3v) is 2.11. The molecule has 1 aliphatic rings. The Morgan fingerprint density at radius 3 is 3.31 bits per heavy atom. The predicted octanol–water partition coefficient (Wildman–Crippen LogP) is 0.582. The Bertz CT molecular complexity index is 339. The standard InChI is InChI=1S/C8H11N3O2/c12-8-3-1-2-4-11(8)5-7-9-6-10-13-7/h6H,1-5H2/i6D. The zero-order valence-corrected chi connectivity index (χ0v) is 7.19.